The second-order valence-corrected chi connectivity index (χ2v) is 6.11. The first kappa shape index (κ1) is 15.0. The van der Waals surface area contributed by atoms with E-state index >= 15 is 0 Å². The van der Waals surface area contributed by atoms with Crippen LogP contribution in [0.1, 0.15) is 12.8 Å². The number of nitrogens with zero attached hydrogens (tertiary/aromatic N) is 1. The predicted molar refractivity (Wildman–Crippen MR) is 98.0 cm³/mol. The van der Waals surface area contributed by atoms with Crippen molar-refractivity contribution in [1.82, 2.24) is 10.3 Å². The molecule has 0 saturated carbocycles. The van der Waals surface area contributed by atoms with Crippen molar-refractivity contribution in [2.24, 2.45) is 0 Å². The van der Waals surface area contributed by atoms with Gasteiger partial charge < -0.3 is 15.4 Å². The average molecular weight is 319 g/mol. The first-order chi connectivity index (χ1) is 11.9. The molecule has 1 atom stereocenters. The lowest BCUT2D eigenvalue weighted by molar-refractivity contribution is 0.271. The molecule has 1 fully saturated rings. The van der Waals surface area contributed by atoms with Gasteiger partial charge in [-0.2, -0.15) is 0 Å². The number of ether oxygens (including phenoxy) is 1. The van der Waals surface area contributed by atoms with Gasteiger partial charge in [-0.05, 0) is 49.7 Å². The minimum absolute atomic E-state index is 0.438. The zero-order chi connectivity index (χ0) is 16.2. The Morgan fingerprint density at radius 3 is 2.79 bits per heavy atom. The quantitative estimate of drug-likeness (QED) is 0.743. The smallest absolute Gasteiger partial charge is 0.221 e. The summed E-state index contributed by atoms with van der Waals surface area (Å²) in [5.41, 5.74) is 2.13. The van der Waals surface area contributed by atoms with Crippen molar-refractivity contribution in [3.05, 3.63) is 60.8 Å². The molecule has 1 unspecified atom stereocenters. The number of hydrogen-bond acceptors (Lipinski definition) is 4. The maximum atomic E-state index is 6.01. The van der Waals surface area contributed by atoms with Crippen LogP contribution in [0, 0.1) is 0 Å². The van der Waals surface area contributed by atoms with Gasteiger partial charge in [0.25, 0.3) is 0 Å². The van der Waals surface area contributed by atoms with Gasteiger partial charge in [0.2, 0.25) is 5.88 Å². The van der Waals surface area contributed by atoms with Gasteiger partial charge in [0.05, 0.1) is 0 Å². The number of para-hydroxylation sites is 1. The molecular weight excluding hydrogens is 298 g/mol. The Morgan fingerprint density at radius 1 is 1.04 bits per heavy atom. The zero-order valence-corrected chi connectivity index (χ0v) is 13.5. The number of aromatic nitrogens is 1. The Bertz CT molecular complexity index is 813. The molecular formula is C20H21N3O. The Hall–Kier alpha value is -2.59. The van der Waals surface area contributed by atoms with Gasteiger partial charge in [-0.25, -0.2) is 4.98 Å². The minimum atomic E-state index is 0.438. The molecule has 1 saturated heterocycles. The highest BCUT2D eigenvalue weighted by molar-refractivity contribution is 5.97. The summed E-state index contributed by atoms with van der Waals surface area (Å²) < 4.78 is 6.01. The largest absolute Gasteiger partial charge is 0.476 e. The third-order valence-electron chi connectivity index (χ3n) is 4.41. The fourth-order valence-electron chi connectivity index (χ4n) is 3.16. The van der Waals surface area contributed by atoms with Crippen LogP contribution in [-0.4, -0.2) is 24.2 Å². The highest BCUT2D eigenvalue weighted by Gasteiger charge is 2.15. The van der Waals surface area contributed by atoms with Gasteiger partial charge in [-0.3, -0.25) is 0 Å². The molecule has 0 amide bonds. The standard InChI is InChI=1S/C20H21N3O/c1-2-6-15(7-3-1)23-19-10-4-9-18-17(19)11-13-22-20(18)24-14-16-8-5-12-21-16/h1-4,6-7,9-11,13,16,21,23H,5,8,12,14H2. The number of hydrogen-bond donors (Lipinski definition) is 2. The van der Waals surface area contributed by atoms with Gasteiger partial charge in [0.15, 0.2) is 0 Å². The summed E-state index contributed by atoms with van der Waals surface area (Å²) in [6.07, 6.45) is 4.21. The summed E-state index contributed by atoms with van der Waals surface area (Å²) in [4.78, 5) is 4.44. The first-order valence-corrected chi connectivity index (χ1v) is 8.46. The molecule has 3 aromatic rings. The lowest BCUT2D eigenvalue weighted by Gasteiger charge is -2.14. The maximum absolute atomic E-state index is 6.01. The summed E-state index contributed by atoms with van der Waals surface area (Å²) in [7, 11) is 0. The van der Waals surface area contributed by atoms with E-state index in [0.29, 0.717) is 18.5 Å². The summed E-state index contributed by atoms with van der Waals surface area (Å²) in [6, 6.07) is 18.8. The monoisotopic (exact) mass is 319 g/mol. The van der Waals surface area contributed by atoms with Crippen molar-refractivity contribution in [1.29, 1.82) is 0 Å². The molecule has 122 valence electrons. The molecule has 4 rings (SSSR count). The summed E-state index contributed by atoms with van der Waals surface area (Å²) in [5.74, 6) is 0.706. The number of nitrogens with one attached hydrogen (secondary N) is 2. The summed E-state index contributed by atoms with van der Waals surface area (Å²) in [6.45, 7) is 1.75. The Balaban J connectivity index is 1.61. The molecule has 4 nitrogen and oxygen atoms in total. The lowest BCUT2D eigenvalue weighted by Crippen LogP contribution is -2.28. The minimum Gasteiger partial charge on any atom is -0.476 e. The number of fused-ring (bicyclic) bond motifs is 1. The predicted octanol–water partition coefficient (Wildman–Crippen LogP) is 4.11. The van der Waals surface area contributed by atoms with Crippen LogP contribution in [0.4, 0.5) is 11.4 Å². The van der Waals surface area contributed by atoms with E-state index in [-0.39, 0.29) is 0 Å². The Kier molecular flexibility index (Phi) is 4.30. The van der Waals surface area contributed by atoms with Crippen LogP contribution >= 0.6 is 0 Å². The van der Waals surface area contributed by atoms with Crippen molar-refractivity contribution in [2.75, 3.05) is 18.5 Å². The molecule has 2 heterocycles. The fourth-order valence-corrected chi connectivity index (χ4v) is 3.16. The fraction of sp³-hybridized carbons (Fsp3) is 0.250. The molecule has 2 N–H and O–H groups in total. The molecule has 4 heteroatoms. The van der Waals surface area contributed by atoms with Gasteiger partial charge in [0, 0.05) is 34.4 Å². The average Bonchev–Trinajstić information content (AvgIpc) is 3.15. The lowest BCUT2D eigenvalue weighted by atomic mass is 10.1. The van der Waals surface area contributed by atoms with Crippen LogP contribution in [0.25, 0.3) is 10.8 Å². The van der Waals surface area contributed by atoms with Gasteiger partial charge in [-0.1, -0.05) is 24.3 Å². The third-order valence-corrected chi connectivity index (χ3v) is 4.41. The van der Waals surface area contributed by atoms with Gasteiger partial charge in [-0.15, -0.1) is 0 Å². The van der Waals surface area contributed by atoms with Crippen LogP contribution in [0.3, 0.4) is 0 Å². The van der Waals surface area contributed by atoms with Crippen molar-refractivity contribution in [2.45, 2.75) is 18.9 Å². The number of pyridine rings is 1. The van der Waals surface area contributed by atoms with E-state index in [9.17, 15) is 0 Å². The zero-order valence-electron chi connectivity index (χ0n) is 13.5. The highest BCUT2D eigenvalue weighted by atomic mass is 16.5. The molecule has 0 aliphatic carbocycles. The second kappa shape index (κ2) is 6.89. The van der Waals surface area contributed by atoms with Crippen LogP contribution < -0.4 is 15.4 Å². The topological polar surface area (TPSA) is 46.2 Å². The van der Waals surface area contributed by atoms with E-state index in [0.717, 1.165) is 28.7 Å². The van der Waals surface area contributed by atoms with E-state index in [2.05, 4.69) is 39.9 Å². The van der Waals surface area contributed by atoms with Crippen molar-refractivity contribution >= 4 is 22.1 Å². The molecule has 1 aliphatic rings. The van der Waals surface area contributed by atoms with Crippen molar-refractivity contribution in [3.63, 3.8) is 0 Å². The van der Waals surface area contributed by atoms with Crippen LogP contribution in [-0.2, 0) is 0 Å². The van der Waals surface area contributed by atoms with Gasteiger partial charge in [0.1, 0.15) is 6.61 Å². The maximum Gasteiger partial charge on any atom is 0.221 e. The molecule has 1 aromatic heterocycles. The number of anilines is 2. The highest BCUT2D eigenvalue weighted by Crippen LogP contribution is 2.31. The SMILES string of the molecule is c1ccc(Nc2cccc3c(OCC4CCCN4)nccc23)cc1. The molecule has 1 aliphatic heterocycles. The summed E-state index contributed by atoms with van der Waals surface area (Å²) >= 11 is 0. The van der Waals surface area contributed by atoms with E-state index in [1.807, 2.05) is 36.5 Å². The van der Waals surface area contributed by atoms with Crippen molar-refractivity contribution in [3.8, 4) is 5.88 Å². The van der Waals surface area contributed by atoms with Crippen molar-refractivity contribution < 1.29 is 4.74 Å². The van der Waals surface area contributed by atoms with E-state index < -0.39 is 0 Å². The second-order valence-electron chi connectivity index (χ2n) is 6.11. The van der Waals surface area contributed by atoms with Gasteiger partial charge >= 0.3 is 0 Å². The van der Waals surface area contributed by atoms with Crippen LogP contribution in [0.5, 0.6) is 5.88 Å². The Morgan fingerprint density at radius 2 is 1.96 bits per heavy atom. The van der Waals surface area contributed by atoms with E-state index in [4.69, 9.17) is 4.74 Å². The van der Waals surface area contributed by atoms with Crippen LogP contribution in [0.2, 0.25) is 0 Å². The normalized spacial score (nSPS) is 17.1. The molecule has 0 radical (unpaired) electrons. The molecule has 0 spiro atoms. The Labute approximate surface area is 141 Å². The molecule has 0 bridgehead atoms. The summed E-state index contributed by atoms with van der Waals surface area (Å²) in [5, 5.41) is 9.08. The third kappa shape index (κ3) is 3.19. The van der Waals surface area contributed by atoms with E-state index in [1.54, 1.807) is 0 Å². The molecule has 24 heavy (non-hydrogen) atoms. The number of rotatable bonds is 5. The molecule has 2 aromatic carbocycles. The number of benzene rings is 2. The van der Waals surface area contributed by atoms with Crippen LogP contribution in [0.15, 0.2) is 60.8 Å². The first-order valence-electron chi connectivity index (χ1n) is 8.46. The van der Waals surface area contributed by atoms with E-state index in [1.165, 1.54) is 12.8 Å².